The molecule has 4 heteroatoms. The Morgan fingerprint density at radius 1 is 1.30 bits per heavy atom. The molecule has 0 spiro atoms. The SMILES string of the molecule is N#C/C(=C/c1c[nH]c2ccccc12)C(=O)N1CCCC1. The normalized spacial score (nSPS) is 15.6. The highest BCUT2D eigenvalue weighted by atomic mass is 16.2. The van der Waals surface area contributed by atoms with Gasteiger partial charge in [0.2, 0.25) is 0 Å². The minimum atomic E-state index is -0.157. The van der Waals surface area contributed by atoms with E-state index in [9.17, 15) is 10.1 Å². The second-order valence-electron chi connectivity index (χ2n) is 4.96. The van der Waals surface area contributed by atoms with E-state index in [0.717, 1.165) is 42.4 Å². The molecular formula is C16H15N3O. The van der Waals surface area contributed by atoms with Crippen LogP contribution in [0.4, 0.5) is 0 Å². The molecule has 20 heavy (non-hydrogen) atoms. The summed E-state index contributed by atoms with van der Waals surface area (Å²) in [5, 5.41) is 10.3. The van der Waals surface area contributed by atoms with Crippen LogP contribution in [0.15, 0.2) is 36.0 Å². The van der Waals surface area contributed by atoms with E-state index in [2.05, 4.69) is 4.98 Å². The number of rotatable bonds is 2. The molecule has 1 aromatic heterocycles. The number of likely N-dealkylation sites (tertiary alicyclic amines) is 1. The van der Waals surface area contributed by atoms with Gasteiger partial charge < -0.3 is 9.88 Å². The molecule has 0 atom stereocenters. The summed E-state index contributed by atoms with van der Waals surface area (Å²) < 4.78 is 0. The zero-order valence-corrected chi connectivity index (χ0v) is 11.1. The number of benzene rings is 1. The molecule has 3 rings (SSSR count). The summed E-state index contributed by atoms with van der Waals surface area (Å²) >= 11 is 0. The monoisotopic (exact) mass is 265 g/mol. The van der Waals surface area contributed by atoms with Crippen LogP contribution >= 0.6 is 0 Å². The fourth-order valence-electron chi connectivity index (χ4n) is 2.60. The van der Waals surface area contributed by atoms with Gasteiger partial charge in [0.1, 0.15) is 11.6 Å². The molecule has 100 valence electrons. The molecule has 0 radical (unpaired) electrons. The van der Waals surface area contributed by atoms with E-state index in [0.29, 0.717) is 0 Å². The fraction of sp³-hybridized carbons (Fsp3) is 0.250. The van der Waals surface area contributed by atoms with Gasteiger partial charge in [-0.25, -0.2) is 0 Å². The molecule has 0 bridgehead atoms. The average molecular weight is 265 g/mol. The van der Waals surface area contributed by atoms with Crippen LogP contribution in [0.1, 0.15) is 18.4 Å². The van der Waals surface area contributed by atoms with Crippen LogP contribution in [-0.4, -0.2) is 28.9 Å². The Hall–Kier alpha value is -2.54. The second kappa shape index (κ2) is 5.22. The summed E-state index contributed by atoms with van der Waals surface area (Å²) in [4.78, 5) is 17.2. The summed E-state index contributed by atoms with van der Waals surface area (Å²) in [6, 6.07) is 9.89. The largest absolute Gasteiger partial charge is 0.361 e. The number of para-hydroxylation sites is 1. The van der Waals surface area contributed by atoms with Crippen molar-refractivity contribution < 1.29 is 4.79 Å². The highest BCUT2D eigenvalue weighted by Gasteiger charge is 2.21. The molecule has 1 saturated heterocycles. The number of aromatic nitrogens is 1. The third kappa shape index (κ3) is 2.19. The smallest absolute Gasteiger partial charge is 0.264 e. The van der Waals surface area contributed by atoms with Crippen LogP contribution in [0.3, 0.4) is 0 Å². The Kier molecular flexibility index (Phi) is 3.26. The Labute approximate surface area is 117 Å². The van der Waals surface area contributed by atoms with Crippen molar-refractivity contribution in [1.29, 1.82) is 5.26 Å². The van der Waals surface area contributed by atoms with E-state index < -0.39 is 0 Å². The predicted octanol–water partition coefficient (Wildman–Crippen LogP) is 2.70. The molecule has 0 aliphatic carbocycles. The minimum Gasteiger partial charge on any atom is -0.361 e. The van der Waals surface area contributed by atoms with Gasteiger partial charge in [0, 0.05) is 35.8 Å². The molecule has 1 aliphatic rings. The topological polar surface area (TPSA) is 59.9 Å². The molecule has 0 unspecified atom stereocenters. The van der Waals surface area contributed by atoms with Gasteiger partial charge in [-0.2, -0.15) is 5.26 Å². The number of aromatic amines is 1. The summed E-state index contributed by atoms with van der Waals surface area (Å²) in [5.41, 5.74) is 2.09. The summed E-state index contributed by atoms with van der Waals surface area (Å²) in [6.07, 6.45) is 5.56. The van der Waals surface area contributed by atoms with Crippen molar-refractivity contribution >= 4 is 22.9 Å². The lowest BCUT2D eigenvalue weighted by Crippen LogP contribution is -2.28. The molecular weight excluding hydrogens is 250 g/mol. The van der Waals surface area contributed by atoms with E-state index in [1.54, 1.807) is 11.0 Å². The zero-order chi connectivity index (χ0) is 13.9. The minimum absolute atomic E-state index is 0.157. The highest BCUT2D eigenvalue weighted by molar-refractivity contribution is 6.04. The molecule has 2 aromatic rings. The molecule has 1 aromatic carbocycles. The number of hydrogen-bond acceptors (Lipinski definition) is 2. The van der Waals surface area contributed by atoms with Crippen molar-refractivity contribution in [3.05, 3.63) is 41.6 Å². The molecule has 0 saturated carbocycles. The molecule has 1 fully saturated rings. The van der Waals surface area contributed by atoms with Crippen LogP contribution in [0.2, 0.25) is 0 Å². The molecule has 2 heterocycles. The number of carbonyl (C=O) groups excluding carboxylic acids is 1. The number of H-pyrrole nitrogens is 1. The van der Waals surface area contributed by atoms with Crippen LogP contribution in [0.5, 0.6) is 0 Å². The maximum atomic E-state index is 12.3. The third-order valence-electron chi connectivity index (χ3n) is 3.67. The first kappa shape index (κ1) is 12.5. The average Bonchev–Trinajstić information content (AvgIpc) is 3.14. The van der Waals surface area contributed by atoms with E-state index in [-0.39, 0.29) is 11.5 Å². The van der Waals surface area contributed by atoms with Gasteiger partial charge in [0.15, 0.2) is 0 Å². The van der Waals surface area contributed by atoms with Gasteiger partial charge in [-0.05, 0) is 25.0 Å². The zero-order valence-electron chi connectivity index (χ0n) is 11.1. The Bertz CT molecular complexity index is 715. The van der Waals surface area contributed by atoms with Crippen LogP contribution < -0.4 is 0 Å². The Balaban J connectivity index is 1.96. The maximum absolute atomic E-state index is 12.3. The standard InChI is InChI=1S/C16H15N3O/c17-10-12(16(20)19-7-3-4-8-19)9-13-11-18-15-6-2-1-5-14(13)15/h1-2,5-6,9,11,18H,3-4,7-8H2/b12-9-. The summed E-state index contributed by atoms with van der Waals surface area (Å²) in [7, 11) is 0. The Morgan fingerprint density at radius 2 is 2.05 bits per heavy atom. The maximum Gasteiger partial charge on any atom is 0.264 e. The number of carbonyl (C=O) groups is 1. The second-order valence-corrected chi connectivity index (χ2v) is 4.96. The predicted molar refractivity (Wildman–Crippen MR) is 77.7 cm³/mol. The molecule has 1 aliphatic heterocycles. The number of fused-ring (bicyclic) bond motifs is 1. The summed E-state index contributed by atoms with van der Waals surface area (Å²) in [6.45, 7) is 1.51. The van der Waals surface area contributed by atoms with E-state index in [1.807, 2.05) is 36.5 Å². The quantitative estimate of drug-likeness (QED) is 0.670. The van der Waals surface area contributed by atoms with Crippen LogP contribution in [0.25, 0.3) is 17.0 Å². The van der Waals surface area contributed by atoms with Gasteiger partial charge in [-0.15, -0.1) is 0 Å². The van der Waals surface area contributed by atoms with Gasteiger partial charge in [0.05, 0.1) is 0 Å². The van der Waals surface area contributed by atoms with E-state index in [4.69, 9.17) is 0 Å². The first-order chi connectivity index (χ1) is 9.79. The van der Waals surface area contributed by atoms with Crippen molar-refractivity contribution in [3.63, 3.8) is 0 Å². The first-order valence-corrected chi connectivity index (χ1v) is 6.77. The van der Waals surface area contributed by atoms with E-state index in [1.165, 1.54) is 0 Å². The van der Waals surface area contributed by atoms with Gasteiger partial charge in [-0.1, -0.05) is 18.2 Å². The van der Waals surface area contributed by atoms with Gasteiger partial charge in [-0.3, -0.25) is 4.79 Å². The number of nitrogens with zero attached hydrogens (tertiary/aromatic N) is 2. The van der Waals surface area contributed by atoms with Gasteiger partial charge in [0.25, 0.3) is 5.91 Å². The molecule has 1 amide bonds. The van der Waals surface area contributed by atoms with E-state index >= 15 is 0 Å². The van der Waals surface area contributed by atoms with Crippen LogP contribution in [0, 0.1) is 11.3 Å². The number of hydrogen-bond donors (Lipinski definition) is 1. The lowest BCUT2D eigenvalue weighted by atomic mass is 10.1. The number of nitriles is 1. The van der Waals surface area contributed by atoms with Crippen molar-refractivity contribution in [2.24, 2.45) is 0 Å². The first-order valence-electron chi connectivity index (χ1n) is 6.77. The van der Waals surface area contributed by atoms with Crippen LogP contribution in [-0.2, 0) is 4.79 Å². The number of nitrogens with one attached hydrogen (secondary N) is 1. The lowest BCUT2D eigenvalue weighted by molar-refractivity contribution is -0.125. The highest BCUT2D eigenvalue weighted by Crippen LogP contribution is 2.21. The third-order valence-corrected chi connectivity index (χ3v) is 3.67. The van der Waals surface area contributed by atoms with Gasteiger partial charge >= 0.3 is 0 Å². The van der Waals surface area contributed by atoms with Crippen molar-refractivity contribution in [1.82, 2.24) is 9.88 Å². The van der Waals surface area contributed by atoms with Crippen molar-refractivity contribution in [2.75, 3.05) is 13.1 Å². The van der Waals surface area contributed by atoms with Crippen molar-refractivity contribution in [2.45, 2.75) is 12.8 Å². The fourth-order valence-corrected chi connectivity index (χ4v) is 2.60. The lowest BCUT2D eigenvalue weighted by Gasteiger charge is -2.13. The molecule has 4 nitrogen and oxygen atoms in total. The van der Waals surface area contributed by atoms with Crippen molar-refractivity contribution in [3.8, 4) is 6.07 Å². The number of amides is 1. The molecule has 1 N–H and O–H groups in total. The summed E-state index contributed by atoms with van der Waals surface area (Å²) in [5.74, 6) is -0.157. The Morgan fingerprint density at radius 3 is 2.80 bits per heavy atom.